The van der Waals surface area contributed by atoms with Gasteiger partial charge >= 0.3 is 0 Å². The second kappa shape index (κ2) is 5.65. The first-order valence-electron chi connectivity index (χ1n) is 7.59. The summed E-state index contributed by atoms with van der Waals surface area (Å²) in [7, 11) is 1.59. The number of aliphatic hydroxyl groups excluding tert-OH is 1. The van der Waals surface area contributed by atoms with Crippen molar-refractivity contribution in [2.75, 3.05) is 13.7 Å². The van der Waals surface area contributed by atoms with Crippen molar-refractivity contribution in [2.45, 2.75) is 38.1 Å². The van der Waals surface area contributed by atoms with Crippen molar-refractivity contribution >= 4 is 16.9 Å². The maximum absolute atomic E-state index is 12.7. The number of ether oxygens (including phenoxy) is 1. The van der Waals surface area contributed by atoms with Gasteiger partial charge < -0.3 is 19.6 Å². The quantitative estimate of drug-likeness (QED) is 0.911. The summed E-state index contributed by atoms with van der Waals surface area (Å²) in [5.41, 5.74) is 0.688. The summed E-state index contributed by atoms with van der Waals surface area (Å²) in [6.45, 7) is 1.75. The number of hydrogen-bond donors (Lipinski definition) is 2. The molecule has 1 saturated carbocycles. The average Bonchev–Trinajstić information content (AvgIpc) is 3.10. The molecule has 2 N–H and O–H groups in total. The number of hydrogen-bond acceptors (Lipinski definition) is 4. The second-order valence-corrected chi connectivity index (χ2v) is 6.00. The molecule has 0 bridgehead atoms. The Morgan fingerprint density at radius 1 is 1.41 bits per heavy atom. The topological polar surface area (TPSA) is 71.7 Å². The van der Waals surface area contributed by atoms with E-state index in [1.54, 1.807) is 32.2 Å². The molecule has 1 aliphatic rings. The van der Waals surface area contributed by atoms with E-state index in [0.717, 1.165) is 31.1 Å². The summed E-state index contributed by atoms with van der Waals surface area (Å²) in [4.78, 5) is 12.7. The largest absolute Gasteiger partial charge is 0.497 e. The molecule has 0 atom stereocenters. The maximum Gasteiger partial charge on any atom is 0.255 e. The number of nitrogens with one attached hydrogen (secondary N) is 1. The predicted molar refractivity (Wildman–Crippen MR) is 83.3 cm³/mol. The first-order valence-corrected chi connectivity index (χ1v) is 7.59. The number of furan rings is 1. The fourth-order valence-electron chi connectivity index (χ4n) is 3.29. The average molecular weight is 303 g/mol. The lowest BCUT2D eigenvalue weighted by Gasteiger charge is -2.27. The number of rotatable bonds is 4. The molecule has 1 aromatic carbocycles. The molecule has 0 radical (unpaired) electrons. The van der Waals surface area contributed by atoms with Crippen molar-refractivity contribution < 1.29 is 19.1 Å². The highest BCUT2D eigenvalue weighted by Gasteiger charge is 2.35. The molecule has 0 spiro atoms. The molecule has 0 saturated heterocycles. The highest BCUT2D eigenvalue weighted by Crippen LogP contribution is 2.32. The summed E-state index contributed by atoms with van der Waals surface area (Å²) >= 11 is 0. The molecule has 2 aromatic rings. The molecule has 1 heterocycles. The van der Waals surface area contributed by atoms with E-state index in [9.17, 15) is 9.90 Å². The Labute approximate surface area is 129 Å². The number of fused-ring (bicyclic) bond motifs is 1. The molecule has 1 aliphatic carbocycles. The maximum atomic E-state index is 12.7. The highest BCUT2D eigenvalue weighted by molar-refractivity contribution is 6.07. The summed E-state index contributed by atoms with van der Waals surface area (Å²) in [6, 6.07) is 5.41. The zero-order chi connectivity index (χ0) is 15.7. The van der Waals surface area contributed by atoms with E-state index < -0.39 is 5.54 Å². The molecule has 5 heteroatoms. The van der Waals surface area contributed by atoms with Crippen LogP contribution in [0.3, 0.4) is 0 Å². The van der Waals surface area contributed by atoms with E-state index in [1.807, 2.05) is 0 Å². The van der Waals surface area contributed by atoms with E-state index >= 15 is 0 Å². The summed E-state index contributed by atoms with van der Waals surface area (Å²) in [5, 5.41) is 13.4. The smallest absolute Gasteiger partial charge is 0.255 e. The molecule has 0 unspecified atom stereocenters. The number of carbonyl (C=O) groups is 1. The van der Waals surface area contributed by atoms with Gasteiger partial charge in [-0.1, -0.05) is 12.8 Å². The van der Waals surface area contributed by atoms with Gasteiger partial charge in [-0.25, -0.2) is 0 Å². The van der Waals surface area contributed by atoms with Crippen LogP contribution in [0.1, 0.15) is 41.8 Å². The van der Waals surface area contributed by atoms with Crippen LogP contribution in [0.5, 0.6) is 5.75 Å². The van der Waals surface area contributed by atoms with Gasteiger partial charge in [-0.15, -0.1) is 0 Å². The highest BCUT2D eigenvalue weighted by atomic mass is 16.5. The Balaban J connectivity index is 1.98. The van der Waals surface area contributed by atoms with E-state index in [1.165, 1.54) is 0 Å². The van der Waals surface area contributed by atoms with Crippen LogP contribution in [0.15, 0.2) is 22.6 Å². The van der Waals surface area contributed by atoms with Gasteiger partial charge in [0.25, 0.3) is 5.91 Å². The van der Waals surface area contributed by atoms with Gasteiger partial charge in [0, 0.05) is 5.39 Å². The zero-order valence-corrected chi connectivity index (χ0v) is 12.9. The minimum absolute atomic E-state index is 0.0309. The normalized spacial score (nSPS) is 16.9. The molecule has 1 aromatic heterocycles. The molecule has 22 heavy (non-hydrogen) atoms. The van der Waals surface area contributed by atoms with Crippen LogP contribution < -0.4 is 10.1 Å². The molecule has 0 aliphatic heterocycles. The number of benzene rings is 1. The Kier molecular flexibility index (Phi) is 3.83. The van der Waals surface area contributed by atoms with Crippen molar-refractivity contribution in [1.82, 2.24) is 5.32 Å². The van der Waals surface area contributed by atoms with Crippen LogP contribution in [-0.4, -0.2) is 30.3 Å². The Bertz CT molecular complexity index is 698. The van der Waals surface area contributed by atoms with Gasteiger partial charge in [-0.2, -0.15) is 0 Å². The number of aliphatic hydroxyl groups is 1. The standard InChI is InChI=1S/C17H21NO4/c1-11-15(13-9-12(21-2)5-6-14(13)22-11)16(20)18-17(10-19)7-3-4-8-17/h5-6,9,19H,3-4,7-8,10H2,1-2H3,(H,18,20). The summed E-state index contributed by atoms with van der Waals surface area (Å²) in [5.74, 6) is 1.06. The van der Waals surface area contributed by atoms with E-state index in [-0.39, 0.29) is 12.5 Å². The van der Waals surface area contributed by atoms with Crippen LogP contribution >= 0.6 is 0 Å². The third kappa shape index (κ3) is 2.46. The van der Waals surface area contributed by atoms with Gasteiger partial charge in [0.15, 0.2) is 0 Å². The predicted octanol–water partition coefficient (Wildman–Crippen LogP) is 2.78. The minimum atomic E-state index is -0.494. The fraction of sp³-hybridized carbons (Fsp3) is 0.471. The van der Waals surface area contributed by atoms with E-state index in [0.29, 0.717) is 22.7 Å². The lowest BCUT2D eigenvalue weighted by molar-refractivity contribution is 0.0838. The molecule has 1 fully saturated rings. The number of aryl methyl sites for hydroxylation is 1. The van der Waals surface area contributed by atoms with Crippen molar-refractivity contribution in [2.24, 2.45) is 0 Å². The van der Waals surface area contributed by atoms with Gasteiger partial charge in [-0.3, -0.25) is 4.79 Å². The lowest BCUT2D eigenvalue weighted by atomic mass is 9.98. The van der Waals surface area contributed by atoms with Crippen LogP contribution in [0.4, 0.5) is 0 Å². The van der Waals surface area contributed by atoms with Crippen molar-refractivity contribution in [3.8, 4) is 5.75 Å². The van der Waals surface area contributed by atoms with Crippen molar-refractivity contribution in [3.63, 3.8) is 0 Å². The van der Waals surface area contributed by atoms with Crippen LogP contribution in [-0.2, 0) is 0 Å². The Morgan fingerprint density at radius 2 is 2.14 bits per heavy atom. The third-order valence-electron chi connectivity index (χ3n) is 4.54. The molecular weight excluding hydrogens is 282 g/mol. The number of methoxy groups -OCH3 is 1. The van der Waals surface area contributed by atoms with E-state index in [2.05, 4.69) is 5.32 Å². The number of carbonyl (C=O) groups excluding carboxylic acids is 1. The van der Waals surface area contributed by atoms with Crippen molar-refractivity contribution in [1.29, 1.82) is 0 Å². The summed E-state index contributed by atoms with van der Waals surface area (Å²) in [6.07, 6.45) is 3.68. The van der Waals surface area contributed by atoms with E-state index in [4.69, 9.17) is 9.15 Å². The zero-order valence-electron chi connectivity index (χ0n) is 12.9. The monoisotopic (exact) mass is 303 g/mol. The van der Waals surface area contributed by atoms with Crippen LogP contribution in [0, 0.1) is 6.92 Å². The minimum Gasteiger partial charge on any atom is -0.497 e. The Hall–Kier alpha value is -2.01. The SMILES string of the molecule is COc1ccc2oc(C)c(C(=O)NC3(CO)CCCC3)c2c1. The molecule has 1 amide bonds. The second-order valence-electron chi connectivity index (χ2n) is 6.00. The van der Waals surface area contributed by atoms with Gasteiger partial charge in [0.2, 0.25) is 0 Å². The first kappa shape index (κ1) is 14.9. The number of amides is 1. The molecule has 3 rings (SSSR count). The molecule has 118 valence electrons. The summed E-state index contributed by atoms with van der Waals surface area (Å²) < 4.78 is 10.9. The van der Waals surface area contributed by atoms with Crippen LogP contribution in [0.25, 0.3) is 11.0 Å². The van der Waals surface area contributed by atoms with Gasteiger partial charge in [0.1, 0.15) is 17.1 Å². The molecule has 5 nitrogen and oxygen atoms in total. The first-order chi connectivity index (χ1) is 10.6. The van der Waals surface area contributed by atoms with Crippen LogP contribution in [0.2, 0.25) is 0 Å². The van der Waals surface area contributed by atoms with Crippen molar-refractivity contribution in [3.05, 3.63) is 29.5 Å². The van der Waals surface area contributed by atoms with Gasteiger partial charge in [0.05, 0.1) is 24.8 Å². The lowest BCUT2D eigenvalue weighted by Crippen LogP contribution is -2.49. The Morgan fingerprint density at radius 3 is 2.77 bits per heavy atom. The van der Waals surface area contributed by atoms with Gasteiger partial charge in [-0.05, 0) is 38.0 Å². The molecular formula is C17H21NO4. The fourth-order valence-corrected chi connectivity index (χ4v) is 3.29. The third-order valence-corrected chi connectivity index (χ3v) is 4.54.